The number of allylic oxidation sites excluding steroid dienone is 1. The summed E-state index contributed by atoms with van der Waals surface area (Å²) in [6.07, 6.45) is 3.70. The van der Waals surface area contributed by atoms with Crippen molar-refractivity contribution in [2.45, 2.75) is 13.8 Å². The van der Waals surface area contributed by atoms with Crippen LogP contribution in [0.5, 0.6) is 0 Å². The largest absolute Gasteiger partial charge is 0.366 e. The molecule has 0 N–H and O–H groups in total. The zero-order valence-electron chi connectivity index (χ0n) is 6.55. The van der Waals surface area contributed by atoms with E-state index in [-0.39, 0.29) is 0 Å². The van der Waals surface area contributed by atoms with Crippen LogP contribution in [0.4, 0.5) is 0 Å². The van der Waals surface area contributed by atoms with Gasteiger partial charge in [-0.25, -0.2) is 4.99 Å². The number of amidine groups is 1. The van der Waals surface area contributed by atoms with Crippen LogP contribution in [-0.2, 0) is 0 Å². The molecule has 0 unspecified atom stereocenters. The Labute approximate surface area is 56.9 Å². The Balaban J connectivity index is 3.84. The van der Waals surface area contributed by atoms with Crippen molar-refractivity contribution in [3.05, 3.63) is 12.3 Å². The molecule has 0 saturated heterocycles. The van der Waals surface area contributed by atoms with E-state index >= 15 is 0 Å². The SMILES string of the molecule is CC=CN=C(C)N(C)C. The van der Waals surface area contributed by atoms with E-state index in [0.717, 1.165) is 5.84 Å². The molecule has 0 heterocycles. The first kappa shape index (κ1) is 8.21. The molecule has 9 heavy (non-hydrogen) atoms. The Kier molecular flexibility index (Phi) is 3.76. The lowest BCUT2D eigenvalue weighted by Crippen LogP contribution is -2.17. The molecule has 0 rings (SSSR count). The molecule has 0 aromatic carbocycles. The first-order valence-corrected chi connectivity index (χ1v) is 3.01. The lowest BCUT2D eigenvalue weighted by molar-refractivity contribution is 0.618. The summed E-state index contributed by atoms with van der Waals surface area (Å²) < 4.78 is 0. The molecule has 0 spiro atoms. The smallest absolute Gasteiger partial charge is 0.100 e. The second kappa shape index (κ2) is 4.13. The summed E-state index contributed by atoms with van der Waals surface area (Å²) in [7, 11) is 3.95. The van der Waals surface area contributed by atoms with Gasteiger partial charge < -0.3 is 4.90 Å². The van der Waals surface area contributed by atoms with E-state index in [4.69, 9.17) is 0 Å². The number of nitrogens with zero attached hydrogens (tertiary/aromatic N) is 2. The molecule has 52 valence electrons. The second-order valence-corrected chi connectivity index (χ2v) is 2.05. The van der Waals surface area contributed by atoms with Crippen molar-refractivity contribution in [1.82, 2.24) is 4.90 Å². The van der Waals surface area contributed by atoms with Crippen LogP contribution in [0.1, 0.15) is 13.8 Å². The van der Waals surface area contributed by atoms with Crippen LogP contribution in [0.15, 0.2) is 17.3 Å². The maximum absolute atomic E-state index is 4.10. The molecule has 0 aromatic rings. The summed E-state index contributed by atoms with van der Waals surface area (Å²) in [5, 5.41) is 0. The van der Waals surface area contributed by atoms with Crippen molar-refractivity contribution < 1.29 is 0 Å². The molecule has 0 fully saturated rings. The molecular weight excluding hydrogens is 112 g/mol. The lowest BCUT2D eigenvalue weighted by Gasteiger charge is -2.08. The Morgan fingerprint density at radius 3 is 2.33 bits per heavy atom. The summed E-state index contributed by atoms with van der Waals surface area (Å²) in [6.45, 7) is 3.92. The average Bonchev–Trinajstić information content (AvgIpc) is 1.82. The van der Waals surface area contributed by atoms with E-state index in [1.54, 1.807) is 6.20 Å². The third-order valence-corrected chi connectivity index (χ3v) is 1.06. The van der Waals surface area contributed by atoms with Crippen LogP contribution in [-0.4, -0.2) is 24.8 Å². The summed E-state index contributed by atoms with van der Waals surface area (Å²) in [5.74, 6) is 1.02. The van der Waals surface area contributed by atoms with Crippen LogP contribution in [0.3, 0.4) is 0 Å². The highest BCUT2D eigenvalue weighted by Crippen LogP contribution is 1.82. The van der Waals surface area contributed by atoms with Gasteiger partial charge in [-0.2, -0.15) is 0 Å². The van der Waals surface area contributed by atoms with Gasteiger partial charge in [-0.15, -0.1) is 0 Å². The van der Waals surface area contributed by atoms with Crippen molar-refractivity contribution in [2.24, 2.45) is 4.99 Å². The quantitative estimate of drug-likeness (QED) is 0.384. The van der Waals surface area contributed by atoms with Crippen molar-refractivity contribution in [1.29, 1.82) is 0 Å². The third kappa shape index (κ3) is 3.76. The van der Waals surface area contributed by atoms with Gasteiger partial charge in [0.2, 0.25) is 0 Å². The molecule has 0 aromatic heterocycles. The van der Waals surface area contributed by atoms with Gasteiger partial charge in [0, 0.05) is 20.3 Å². The normalized spacial score (nSPS) is 12.7. The highest BCUT2D eigenvalue weighted by atomic mass is 15.1. The molecule has 0 aliphatic heterocycles. The number of rotatable bonds is 1. The minimum Gasteiger partial charge on any atom is -0.366 e. The number of aliphatic imine (C=N–C) groups is 1. The van der Waals surface area contributed by atoms with Crippen molar-refractivity contribution in [2.75, 3.05) is 14.1 Å². The van der Waals surface area contributed by atoms with Crippen molar-refractivity contribution in [3.8, 4) is 0 Å². The van der Waals surface area contributed by atoms with Gasteiger partial charge in [0.1, 0.15) is 5.84 Å². The van der Waals surface area contributed by atoms with E-state index in [1.165, 1.54) is 0 Å². The van der Waals surface area contributed by atoms with Gasteiger partial charge in [0.15, 0.2) is 0 Å². The zero-order chi connectivity index (χ0) is 7.28. The van der Waals surface area contributed by atoms with Gasteiger partial charge in [-0.1, -0.05) is 6.08 Å². The molecule has 0 amide bonds. The van der Waals surface area contributed by atoms with E-state index < -0.39 is 0 Å². The summed E-state index contributed by atoms with van der Waals surface area (Å²) in [5.41, 5.74) is 0. The molecule has 0 aliphatic carbocycles. The van der Waals surface area contributed by atoms with Crippen LogP contribution >= 0.6 is 0 Å². The van der Waals surface area contributed by atoms with Gasteiger partial charge in [-0.3, -0.25) is 0 Å². The maximum atomic E-state index is 4.10. The van der Waals surface area contributed by atoms with E-state index in [2.05, 4.69) is 4.99 Å². The Morgan fingerprint density at radius 1 is 1.44 bits per heavy atom. The molecule has 0 aliphatic rings. The van der Waals surface area contributed by atoms with Crippen molar-refractivity contribution in [3.63, 3.8) is 0 Å². The fourth-order valence-corrected chi connectivity index (χ4v) is 0.298. The topological polar surface area (TPSA) is 15.6 Å². The first-order chi connectivity index (χ1) is 4.18. The number of hydrogen-bond acceptors (Lipinski definition) is 1. The fourth-order valence-electron chi connectivity index (χ4n) is 0.298. The van der Waals surface area contributed by atoms with Crippen LogP contribution in [0, 0.1) is 0 Å². The predicted molar refractivity (Wildman–Crippen MR) is 41.6 cm³/mol. The van der Waals surface area contributed by atoms with Crippen LogP contribution in [0.2, 0.25) is 0 Å². The Bertz CT molecular complexity index is 123. The zero-order valence-corrected chi connectivity index (χ0v) is 6.55. The molecule has 0 saturated carbocycles. The van der Waals surface area contributed by atoms with E-state index in [9.17, 15) is 0 Å². The molecule has 0 atom stereocenters. The molecular formula is C7H14N2. The fraction of sp³-hybridized carbons (Fsp3) is 0.571. The van der Waals surface area contributed by atoms with Crippen molar-refractivity contribution >= 4 is 5.84 Å². The molecule has 2 heteroatoms. The number of hydrogen-bond donors (Lipinski definition) is 0. The molecule has 0 bridgehead atoms. The van der Waals surface area contributed by atoms with Crippen LogP contribution in [0.25, 0.3) is 0 Å². The Hall–Kier alpha value is -0.790. The summed E-state index contributed by atoms with van der Waals surface area (Å²) in [6, 6.07) is 0. The van der Waals surface area contributed by atoms with E-state index in [0.29, 0.717) is 0 Å². The van der Waals surface area contributed by atoms with Gasteiger partial charge in [0.25, 0.3) is 0 Å². The average molecular weight is 126 g/mol. The summed E-state index contributed by atoms with van der Waals surface area (Å²) >= 11 is 0. The maximum Gasteiger partial charge on any atom is 0.100 e. The van der Waals surface area contributed by atoms with Crippen LogP contribution < -0.4 is 0 Å². The Morgan fingerprint density at radius 2 is 2.00 bits per heavy atom. The molecule has 2 nitrogen and oxygen atoms in total. The van der Waals surface area contributed by atoms with E-state index in [1.807, 2.05) is 38.9 Å². The lowest BCUT2D eigenvalue weighted by atomic mass is 10.6. The minimum atomic E-state index is 1.02. The van der Waals surface area contributed by atoms with Gasteiger partial charge in [-0.05, 0) is 13.8 Å². The standard InChI is InChI=1S/C7H14N2/c1-5-6-8-7(2)9(3)4/h5-6H,1-4H3. The minimum absolute atomic E-state index is 1.02. The second-order valence-electron chi connectivity index (χ2n) is 2.05. The molecule has 0 radical (unpaired) electrons. The highest BCUT2D eigenvalue weighted by Gasteiger charge is 1.86. The first-order valence-electron chi connectivity index (χ1n) is 3.01. The third-order valence-electron chi connectivity index (χ3n) is 1.06. The highest BCUT2D eigenvalue weighted by molar-refractivity contribution is 5.79. The predicted octanol–water partition coefficient (Wildman–Crippen LogP) is 1.50. The summed E-state index contributed by atoms with van der Waals surface area (Å²) in [4.78, 5) is 6.08. The monoisotopic (exact) mass is 126 g/mol. The van der Waals surface area contributed by atoms with Gasteiger partial charge in [0.05, 0.1) is 0 Å². The van der Waals surface area contributed by atoms with Gasteiger partial charge >= 0.3 is 0 Å².